The van der Waals surface area contributed by atoms with Crippen LogP contribution in [0.5, 0.6) is 0 Å². The minimum atomic E-state index is -0.201. The zero-order valence-corrected chi connectivity index (χ0v) is 9.76. The summed E-state index contributed by atoms with van der Waals surface area (Å²) in [7, 11) is 0. The molecule has 0 aromatic heterocycles. The van der Waals surface area contributed by atoms with E-state index >= 15 is 0 Å². The summed E-state index contributed by atoms with van der Waals surface area (Å²) in [4.78, 5) is 16.0. The second-order valence-electron chi connectivity index (χ2n) is 4.50. The number of carbonyl (C=O) groups is 1. The summed E-state index contributed by atoms with van der Waals surface area (Å²) in [5.41, 5.74) is 0. The molecule has 2 saturated heterocycles. The van der Waals surface area contributed by atoms with E-state index in [-0.39, 0.29) is 25.2 Å². The number of aliphatic hydroxyl groups excluding tert-OH is 1. The normalized spacial score (nSPS) is 32.4. The van der Waals surface area contributed by atoms with Crippen LogP contribution in [0, 0.1) is 0 Å². The molecule has 0 bridgehead atoms. The van der Waals surface area contributed by atoms with Crippen molar-refractivity contribution in [2.45, 2.75) is 25.5 Å². The maximum absolute atomic E-state index is 11.7. The molecule has 2 unspecified atom stereocenters. The van der Waals surface area contributed by atoms with E-state index in [1.807, 2.05) is 4.90 Å². The van der Waals surface area contributed by atoms with Crippen molar-refractivity contribution in [1.29, 1.82) is 0 Å². The summed E-state index contributed by atoms with van der Waals surface area (Å²) < 4.78 is 5.23. The van der Waals surface area contributed by atoms with Gasteiger partial charge in [0.05, 0.1) is 12.7 Å². The lowest BCUT2D eigenvalue weighted by molar-refractivity contribution is -0.154. The Morgan fingerprint density at radius 1 is 1.50 bits per heavy atom. The maximum atomic E-state index is 11.7. The third kappa shape index (κ3) is 2.36. The smallest absolute Gasteiger partial charge is 0.248 e. The SMILES string of the molecule is CCN1CCC(N2CC(CO)OCC2=O)C1. The van der Waals surface area contributed by atoms with Crippen molar-refractivity contribution in [2.24, 2.45) is 0 Å². The average molecular weight is 228 g/mol. The van der Waals surface area contributed by atoms with E-state index in [4.69, 9.17) is 9.84 Å². The quantitative estimate of drug-likeness (QED) is 0.694. The molecular weight excluding hydrogens is 208 g/mol. The second kappa shape index (κ2) is 5.12. The first kappa shape index (κ1) is 11.8. The van der Waals surface area contributed by atoms with E-state index in [0.717, 1.165) is 26.1 Å². The molecule has 92 valence electrons. The first-order chi connectivity index (χ1) is 7.74. The number of rotatable bonds is 3. The topological polar surface area (TPSA) is 53.0 Å². The summed E-state index contributed by atoms with van der Waals surface area (Å²) >= 11 is 0. The van der Waals surface area contributed by atoms with E-state index in [9.17, 15) is 4.79 Å². The summed E-state index contributed by atoms with van der Waals surface area (Å²) in [5.74, 6) is 0.0626. The van der Waals surface area contributed by atoms with E-state index < -0.39 is 0 Å². The van der Waals surface area contributed by atoms with Gasteiger partial charge in [-0.1, -0.05) is 6.92 Å². The van der Waals surface area contributed by atoms with Crippen molar-refractivity contribution in [3.05, 3.63) is 0 Å². The monoisotopic (exact) mass is 228 g/mol. The van der Waals surface area contributed by atoms with Gasteiger partial charge >= 0.3 is 0 Å². The van der Waals surface area contributed by atoms with Crippen molar-refractivity contribution in [3.8, 4) is 0 Å². The number of likely N-dealkylation sites (tertiary alicyclic amines) is 1. The van der Waals surface area contributed by atoms with Crippen LogP contribution in [-0.4, -0.2) is 72.4 Å². The lowest BCUT2D eigenvalue weighted by Crippen LogP contribution is -2.53. The molecule has 2 rings (SSSR count). The second-order valence-corrected chi connectivity index (χ2v) is 4.50. The number of morpholine rings is 1. The van der Waals surface area contributed by atoms with Crippen LogP contribution in [0.4, 0.5) is 0 Å². The molecule has 2 aliphatic rings. The Balaban J connectivity index is 1.94. The Kier molecular flexibility index (Phi) is 3.78. The Morgan fingerprint density at radius 2 is 2.31 bits per heavy atom. The minimum Gasteiger partial charge on any atom is -0.394 e. The van der Waals surface area contributed by atoms with E-state index in [1.54, 1.807) is 0 Å². The van der Waals surface area contributed by atoms with E-state index in [0.29, 0.717) is 12.6 Å². The summed E-state index contributed by atoms with van der Waals surface area (Å²) in [6, 6.07) is 0.311. The maximum Gasteiger partial charge on any atom is 0.248 e. The van der Waals surface area contributed by atoms with Crippen molar-refractivity contribution in [1.82, 2.24) is 9.80 Å². The third-order valence-corrected chi connectivity index (χ3v) is 3.50. The molecule has 0 aliphatic carbocycles. The molecule has 0 radical (unpaired) electrons. The Labute approximate surface area is 96.0 Å². The number of carbonyl (C=O) groups excluding carboxylic acids is 1. The predicted molar refractivity (Wildman–Crippen MR) is 59.1 cm³/mol. The average Bonchev–Trinajstić information content (AvgIpc) is 2.78. The molecule has 2 aliphatic heterocycles. The molecule has 2 atom stereocenters. The van der Waals surface area contributed by atoms with Gasteiger partial charge in [-0.05, 0) is 13.0 Å². The van der Waals surface area contributed by atoms with Gasteiger partial charge < -0.3 is 19.6 Å². The van der Waals surface area contributed by atoms with Crippen molar-refractivity contribution in [3.63, 3.8) is 0 Å². The Hall–Kier alpha value is -0.650. The van der Waals surface area contributed by atoms with Gasteiger partial charge in [0.1, 0.15) is 6.61 Å². The van der Waals surface area contributed by atoms with Gasteiger partial charge in [-0.25, -0.2) is 0 Å². The summed E-state index contributed by atoms with van der Waals surface area (Å²) in [6.45, 7) is 5.86. The zero-order valence-electron chi connectivity index (χ0n) is 9.76. The van der Waals surface area contributed by atoms with Crippen LogP contribution in [0.3, 0.4) is 0 Å². The molecule has 2 fully saturated rings. The molecule has 0 saturated carbocycles. The van der Waals surface area contributed by atoms with Gasteiger partial charge in [-0.2, -0.15) is 0 Å². The first-order valence-corrected chi connectivity index (χ1v) is 5.99. The standard InChI is InChI=1S/C11H20N2O3/c1-2-12-4-3-9(5-12)13-6-10(7-14)16-8-11(13)15/h9-10,14H,2-8H2,1H3. The highest BCUT2D eigenvalue weighted by Crippen LogP contribution is 2.18. The van der Waals surface area contributed by atoms with Crippen LogP contribution in [-0.2, 0) is 9.53 Å². The molecule has 5 heteroatoms. The van der Waals surface area contributed by atoms with E-state index in [1.165, 1.54) is 0 Å². The summed E-state index contributed by atoms with van der Waals surface area (Å²) in [5, 5.41) is 9.06. The summed E-state index contributed by atoms with van der Waals surface area (Å²) in [6.07, 6.45) is 0.839. The first-order valence-electron chi connectivity index (χ1n) is 5.99. The van der Waals surface area contributed by atoms with Crippen LogP contribution < -0.4 is 0 Å². The fraction of sp³-hybridized carbons (Fsp3) is 0.909. The van der Waals surface area contributed by atoms with Crippen LogP contribution in [0.15, 0.2) is 0 Å². The molecule has 0 aromatic rings. The minimum absolute atomic E-state index is 0.00596. The Bertz CT molecular complexity index is 260. The van der Waals surface area contributed by atoms with Gasteiger partial charge in [0, 0.05) is 25.7 Å². The Morgan fingerprint density at radius 3 is 2.94 bits per heavy atom. The molecule has 2 heterocycles. The van der Waals surface area contributed by atoms with Gasteiger partial charge in [0.25, 0.3) is 0 Å². The molecule has 16 heavy (non-hydrogen) atoms. The highest BCUT2D eigenvalue weighted by molar-refractivity contribution is 5.78. The predicted octanol–water partition coefficient (Wildman–Crippen LogP) is -0.700. The molecule has 1 amide bonds. The lowest BCUT2D eigenvalue weighted by atomic mass is 10.1. The molecule has 0 aromatic carbocycles. The molecule has 0 spiro atoms. The zero-order chi connectivity index (χ0) is 11.5. The highest BCUT2D eigenvalue weighted by Gasteiger charge is 2.34. The fourth-order valence-corrected chi connectivity index (χ4v) is 2.46. The van der Waals surface area contributed by atoms with Gasteiger partial charge in [-0.3, -0.25) is 4.79 Å². The largest absolute Gasteiger partial charge is 0.394 e. The number of hydrogen-bond acceptors (Lipinski definition) is 4. The van der Waals surface area contributed by atoms with Gasteiger partial charge in [0.2, 0.25) is 5.91 Å². The molecule has 1 N–H and O–H groups in total. The van der Waals surface area contributed by atoms with Crippen molar-refractivity contribution >= 4 is 5.91 Å². The third-order valence-electron chi connectivity index (χ3n) is 3.50. The van der Waals surface area contributed by atoms with E-state index in [2.05, 4.69) is 11.8 Å². The molecular formula is C11H20N2O3. The van der Waals surface area contributed by atoms with Crippen LogP contribution >= 0.6 is 0 Å². The van der Waals surface area contributed by atoms with Crippen molar-refractivity contribution < 1.29 is 14.6 Å². The number of ether oxygens (including phenoxy) is 1. The van der Waals surface area contributed by atoms with Crippen LogP contribution in [0.2, 0.25) is 0 Å². The number of aliphatic hydroxyl groups is 1. The van der Waals surface area contributed by atoms with Crippen LogP contribution in [0.25, 0.3) is 0 Å². The van der Waals surface area contributed by atoms with Crippen molar-refractivity contribution in [2.75, 3.05) is 39.4 Å². The number of amides is 1. The number of hydrogen-bond donors (Lipinski definition) is 1. The van der Waals surface area contributed by atoms with Gasteiger partial charge in [0.15, 0.2) is 0 Å². The number of nitrogens with zero attached hydrogens (tertiary/aromatic N) is 2. The fourth-order valence-electron chi connectivity index (χ4n) is 2.46. The number of likely N-dealkylation sites (N-methyl/N-ethyl adjacent to an activating group) is 1. The highest BCUT2D eigenvalue weighted by atomic mass is 16.5. The van der Waals surface area contributed by atoms with Crippen LogP contribution in [0.1, 0.15) is 13.3 Å². The lowest BCUT2D eigenvalue weighted by Gasteiger charge is -2.36. The molecule has 5 nitrogen and oxygen atoms in total. The van der Waals surface area contributed by atoms with Gasteiger partial charge in [-0.15, -0.1) is 0 Å².